The maximum atomic E-state index is 13.7. The van der Waals surface area contributed by atoms with E-state index >= 15 is 0 Å². The van der Waals surface area contributed by atoms with Crippen LogP contribution in [0.5, 0.6) is 0 Å². The molecule has 1 heterocycles. The van der Waals surface area contributed by atoms with Crippen LogP contribution in [0.1, 0.15) is 25.0 Å². The van der Waals surface area contributed by atoms with Gasteiger partial charge in [0, 0.05) is 37.3 Å². The molecule has 18 heavy (non-hydrogen) atoms. The zero-order valence-electron chi connectivity index (χ0n) is 11.2. The molecule has 2 atom stereocenters. The van der Waals surface area contributed by atoms with E-state index in [1.807, 2.05) is 19.1 Å². The lowest BCUT2D eigenvalue weighted by atomic mass is 10.1. The van der Waals surface area contributed by atoms with E-state index in [1.54, 1.807) is 6.07 Å². The van der Waals surface area contributed by atoms with E-state index in [4.69, 9.17) is 0 Å². The lowest BCUT2D eigenvalue weighted by molar-refractivity contribution is 0.137. The fourth-order valence-corrected chi connectivity index (χ4v) is 2.36. The fourth-order valence-electron chi connectivity index (χ4n) is 2.36. The van der Waals surface area contributed by atoms with Crippen LogP contribution in [0.2, 0.25) is 0 Å². The molecule has 1 saturated heterocycles. The maximum absolute atomic E-state index is 13.7. The number of hydrogen-bond acceptors (Lipinski definition) is 2. The third kappa shape index (κ3) is 3.67. The van der Waals surface area contributed by atoms with Gasteiger partial charge in [-0.25, -0.2) is 4.39 Å². The number of nitrogens with one attached hydrogen (secondary N) is 1. The molecule has 2 rings (SSSR count). The average Bonchev–Trinajstić information content (AvgIpc) is 2.28. The van der Waals surface area contributed by atoms with Gasteiger partial charge in [-0.05, 0) is 26.8 Å². The van der Waals surface area contributed by atoms with Gasteiger partial charge in [-0.3, -0.25) is 4.90 Å². The summed E-state index contributed by atoms with van der Waals surface area (Å²) < 4.78 is 13.7. The molecule has 0 aromatic heterocycles. The molecule has 1 aliphatic rings. The summed E-state index contributed by atoms with van der Waals surface area (Å²) in [7, 11) is 0. The molecule has 0 saturated carbocycles. The number of benzene rings is 1. The van der Waals surface area contributed by atoms with Gasteiger partial charge in [0.2, 0.25) is 0 Å². The van der Waals surface area contributed by atoms with Crippen LogP contribution in [-0.4, -0.2) is 30.1 Å². The fraction of sp³-hybridized carbons (Fsp3) is 0.571. The minimum atomic E-state index is -0.0889. The average molecular weight is 273 g/mol. The Morgan fingerprint density at radius 3 is 2.83 bits per heavy atom. The minimum Gasteiger partial charge on any atom is -0.311 e. The van der Waals surface area contributed by atoms with Gasteiger partial charge in [0.05, 0.1) is 0 Å². The molecule has 1 aromatic rings. The summed E-state index contributed by atoms with van der Waals surface area (Å²) in [5, 5.41) is 3.44. The molecule has 0 aliphatic carbocycles. The smallest absolute Gasteiger partial charge is 0.127 e. The van der Waals surface area contributed by atoms with Crippen LogP contribution >= 0.6 is 12.4 Å². The van der Waals surface area contributed by atoms with Crippen molar-refractivity contribution in [1.82, 2.24) is 10.2 Å². The van der Waals surface area contributed by atoms with Crippen LogP contribution in [0.3, 0.4) is 0 Å². The van der Waals surface area contributed by atoms with Crippen molar-refractivity contribution in [3.05, 3.63) is 35.1 Å². The Morgan fingerprint density at radius 2 is 2.11 bits per heavy atom. The quantitative estimate of drug-likeness (QED) is 0.891. The second-order valence-electron chi connectivity index (χ2n) is 5.18. The van der Waals surface area contributed by atoms with Gasteiger partial charge in [0.1, 0.15) is 5.82 Å². The van der Waals surface area contributed by atoms with Gasteiger partial charge < -0.3 is 5.32 Å². The Labute approximate surface area is 115 Å². The van der Waals surface area contributed by atoms with Gasteiger partial charge in [-0.1, -0.05) is 17.7 Å². The highest BCUT2D eigenvalue weighted by Crippen LogP contribution is 2.16. The second kappa shape index (κ2) is 6.50. The minimum absolute atomic E-state index is 0. The SMILES string of the molecule is Cc1ccc(F)c(CN2CC(C)NCC2C)c1.Cl. The van der Waals surface area contributed by atoms with Gasteiger partial charge in [-0.15, -0.1) is 12.4 Å². The van der Waals surface area contributed by atoms with E-state index in [1.165, 1.54) is 0 Å². The van der Waals surface area contributed by atoms with Crippen LogP contribution in [0.15, 0.2) is 18.2 Å². The zero-order chi connectivity index (χ0) is 12.4. The number of piperazine rings is 1. The molecule has 4 heteroatoms. The normalized spacial score (nSPS) is 24.7. The monoisotopic (exact) mass is 272 g/mol. The first-order valence-electron chi connectivity index (χ1n) is 6.28. The Balaban J connectivity index is 0.00000162. The molecule has 1 aliphatic heterocycles. The van der Waals surface area contributed by atoms with E-state index in [9.17, 15) is 4.39 Å². The van der Waals surface area contributed by atoms with Crippen LogP contribution in [0, 0.1) is 12.7 Å². The van der Waals surface area contributed by atoms with Crippen molar-refractivity contribution in [2.45, 2.75) is 39.4 Å². The molecule has 1 fully saturated rings. The van der Waals surface area contributed by atoms with E-state index in [-0.39, 0.29) is 18.2 Å². The highest BCUT2D eigenvalue weighted by atomic mass is 35.5. The summed E-state index contributed by atoms with van der Waals surface area (Å²) in [4.78, 5) is 2.35. The predicted octanol–water partition coefficient (Wildman–Crippen LogP) is 2.74. The molecular formula is C14H22ClFN2. The largest absolute Gasteiger partial charge is 0.311 e. The predicted molar refractivity (Wildman–Crippen MR) is 75.7 cm³/mol. The molecule has 0 bridgehead atoms. The summed E-state index contributed by atoms with van der Waals surface area (Å²) in [5.41, 5.74) is 1.93. The van der Waals surface area contributed by atoms with Crippen molar-refractivity contribution in [3.63, 3.8) is 0 Å². The van der Waals surface area contributed by atoms with Gasteiger partial charge in [0.25, 0.3) is 0 Å². The molecule has 1 N–H and O–H groups in total. The highest BCUT2D eigenvalue weighted by Gasteiger charge is 2.22. The van der Waals surface area contributed by atoms with Crippen LogP contribution in [0.4, 0.5) is 4.39 Å². The third-order valence-corrected chi connectivity index (χ3v) is 3.47. The van der Waals surface area contributed by atoms with Gasteiger partial charge in [0.15, 0.2) is 0 Å². The molecule has 0 amide bonds. The Kier molecular flexibility index (Phi) is 5.57. The number of halogens is 2. The lowest BCUT2D eigenvalue weighted by Gasteiger charge is -2.37. The van der Waals surface area contributed by atoms with Crippen LogP contribution < -0.4 is 5.32 Å². The van der Waals surface area contributed by atoms with E-state index in [2.05, 4.69) is 24.1 Å². The Bertz CT molecular complexity index is 397. The Morgan fingerprint density at radius 1 is 1.39 bits per heavy atom. The second-order valence-corrected chi connectivity index (χ2v) is 5.18. The molecule has 2 nitrogen and oxygen atoms in total. The molecular weight excluding hydrogens is 251 g/mol. The van der Waals surface area contributed by atoms with Crippen LogP contribution in [-0.2, 0) is 6.54 Å². The number of aryl methyl sites for hydroxylation is 1. The molecule has 102 valence electrons. The number of rotatable bonds is 2. The molecule has 0 spiro atoms. The third-order valence-electron chi connectivity index (χ3n) is 3.47. The topological polar surface area (TPSA) is 15.3 Å². The van der Waals surface area contributed by atoms with Crippen molar-refractivity contribution in [2.75, 3.05) is 13.1 Å². The van der Waals surface area contributed by atoms with Crippen molar-refractivity contribution in [1.29, 1.82) is 0 Å². The van der Waals surface area contributed by atoms with Gasteiger partial charge in [-0.2, -0.15) is 0 Å². The highest BCUT2D eigenvalue weighted by molar-refractivity contribution is 5.85. The van der Waals surface area contributed by atoms with Crippen molar-refractivity contribution >= 4 is 12.4 Å². The first-order chi connectivity index (χ1) is 8.06. The van der Waals surface area contributed by atoms with Crippen molar-refractivity contribution in [3.8, 4) is 0 Å². The Hall–Kier alpha value is -0.640. The lowest BCUT2D eigenvalue weighted by Crippen LogP contribution is -2.53. The van der Waals surface area contributed by atoms with Gasteiger partial charge >= 0.3 is 0 Å². The van der Waals surface area contributed by atoms with E-state index < -0.39 is 0 Å². The first kappa shape index (κ1) is 15.4. The summed E-state index contributed by atoms with van der Waals surface area (Å²) in [5.74, 6) is -0.0889. The summed E-state index contributed by atoms with van der Waals surface area (Å²) in [6, 6.07) is 6.29. The van der Waals surface area contributed by atoms with E-state index in [0.717, 1.165) is 24.2 Å². The first-order valence-corrected chi connectivity index (χ1v) is 6.28. The molecule has 0 radical (unpaired) electrons. The molecule has 1 aromatic carbocycles. The van der Waals surface area contributed by atoms with Crippen LogP contribution in [0.25, 0.3) is 0 Å². The maximum Gasteiger partial charge on any atom is 0.127 e. The zero-order valence-corrected chi connectivity index (χ0v) is 12.1. The van der Waals surface area contributed by atoms with E-state index in [0.29, 0.717) is 18.6 Å². The summed E-state index contributed by atoms with van der Waals surface area (Å²) in [6.45, 7) is 9.04. The molecule has 2 unspecified atom stereocenters. The van der Waals surface area contributed by atoms with Crippen molar-refractivity contribution < 1.29 is 4.39 Å². The standard InChI is InChI=1S/C14H21FN2.ClH/c1-10-4-5-14(15)13(6-10)9-17-8-11(2)16-7-12(17)3;/h4-6,11-12,16H,7-9H2,1-3H3;1H. The number of hydrogen-bond donors (Lipinski definition) is 1. The number of nitrogens with zero attached hydrogens (tertiary/aromatic N) is 1. The summed E-state index contributed by atoms with van der Waals surface area (Å²) in [6.07, 6.45) is 0. The van der Waals surface area contributed by atoms with Crippen molar-refractivity contribution in [2.24, 2.45) is 0 Å². The summed E-state index contributed by atoms with van der Waals surface area (Å²) >= 11 is 0.